The molecule has 2 rings (SSSR count). The summed E-state index contributed by atoms with van der Waals surface area (Å²) in [5.74, 6) is -2.65. The van der Waals surface area contributed by atoms with Crippen molar-refractivity contribution in [1.29, 1.82) is 0 Å². The molecule has 0 bridgehead atoms. The normalized spacial score (nSPS) is 13.7. The van der Waals surface area contributed by atoms with E-state index in [0.717, 1.165) is 4.90 Å². The molecule has 0 aromatic heterocycles. The lowest BCUT2D eigenvalue weighted by Crippen LogP contribution is -2.32. The van der Waals surface area contributed by atoms with Gasteiger partial charge in [-0.3, -0.25) is 9.59 Å². The minimum atomic E-state index is -1.22. The Morgan fingerprint density at radius 1 is 1.39 bits per heavy atom. The molecule has 1 aliphatic heterocycles. The van der Waals surface area contributed by atoms with Gasteiger partial charge in [0.2, 0.25) is 0 Å². The molecule has 1 amide bonds. The summed E-state index contributed by atoms with van der Waals surface area (Å²) < 4.78 is 0. The fourth-order valence-electron chi connectivity index (χ4n) is 1.68. The van der Waals surface area contributed by atoms with E-state index in [-0.39, 0.29) is 17.7 Å². The Balaban J connectivity index is 2.42. The van der Waals surface area contributed by atoms with Gasteiger partial charge in [-0.05, 0) is 18.2 Å². The summed E-state index contributed by atoms with van der Waals surface area (Å²) in [4.78, 5) is 35.2. The Hall–Kier alpha value is -2.14. The van der Waals surface area contributed by atoms with E-state index in [0.29, 0.717) is 10.7 Å². The summed E-state index contributed by atoms with van der Waals surface area (Å²) in [5, 5.41) is 9.11. The molecular weight excluding hydrogens is 258 g/mol. The molecule has 18 heavy (non-hydrogen) atoms. The highest BCUT2D eigenvalue weighted by molar-refractivity contribution is 6.52. The number of halogens is 1. The Morgan fingerprint density at radius 2 is 2.06 bits per heavy atom. The summed E-state index contributed by atoms with van der Waals surface area (Å²) in [5.41, 5.74) is 0.367. The highest BCUT2D eigenvalue weighted by atomic mass is 35.5. The number of carboxylic acids is 1. The van der Waals surface area contributed by atoms with Crippen LogP contribution in [0.15, 0.2) is 30.4 Å². The first-order valence-corrected chi connectivity index (χ1v) is 5.36. The van der Waals surface area contributed by atoms with Gasteiger partial charge in [-0.1, -0.05) is 18.2 Å². The third-order valence-electron chi connectivity index (χ3n) is 2.59. The largest absolute Gasteiger partial charge is 0.478 e. The van der Waals surface area contributed by atoms with Crippen LogP contribution < -0.4 is 4.90 Å². The number of carbonyl (C=O) groups is 3. The van der Waals surface area contributed by atoms with Gasteiger partial charge in [-0.25, -0.2) is 4.79 Å². The summed E-state index contributed by atoms with van der Waals surface area (Å²) in [6.45, 7) is 3.09. The molecule has 0 saturated heterocycles. The van der Waals surface area contributed by atoms with Gasteiger partial charge in [0.25, 0.3) is 11.7 Å². The monoisotopic (exact) mass is 265 g/mol. The van der Waals surface area contributed by atoms with Crippen molar-refractivity contribution >= 4 is 34.9 Å². The third-order valence-corrected chi connectivity index (χ3v) is 2.82. The number of hydrogen-bond acceptors (Lipinski definition) is 3. The molecule has 5 nitrogen and oxygen atoms in total. The predicted molar refractivity (Wildman–Crippen MR) is 64.9 cm³/mol. The van der Waals surface area contributed by atoms with Crippen molar-refractivity contribution in [2.45, 2.75) is 0 Å². The van der Waals surface area contributed by atoms with Crippen molar-refractivity contribution in [2.75, 3.05) is 11.4 Å². The van der Waals surface area contributed by atoms with Gasteiger partial charge in [-0.2, -0.15) is 0 Å². The molecule has 0 spiro atoms. The number of benzene rings is 1. The number of carboxylic acid groups (broad SMARTS) is 1. The van der Waals surface area contributed by atoms with Gasteiger partial charge in [0, 0.05) is 10.6 Å². The number of fused-ring (bicyclic) bond motifs is 1. The second kappa shape index (κ2) is 4.27. The van der Waals surface area contributed by atoms with Gasteiger partial charge < -0.3 is 10.0 Å². The van der Waals surface area contributed by atoms with Gasteiger partial charge in [0.15, 0.2) is 0 Å². The Bertz CT molecular complexity index is 594. The minimum absolute atomic E-state index is 0.177. The second-order valence-electron chi connectivity index (χ2n) is 3.79. The molecule has 92 valence electrons. The minimum Gasteiger partial charge on any atom is -0.478 e. The zero-order chi connectivity index (χ0) is 13.4. The lowest BCUT2D eigenvalue weighted by Gasteiger charge is -2.16. The Kier molecular flexibility index (Phi) is 2.92. The number of ketones is 1. The van der Waals surface area contributed by atoms with Crippen LogP contribution in [0.3, 0.4) is 0 Å². The van der Waals surface area contributed by atoms with E-state index in [4.69, 9.17) is 16.7 Å². The zero-order valence-corrected chi connectivity index (χ0v) is 9.90. The maximum atomic E-state index is 11.7. The van der Waals surface area contributed by atoms with E-state index < -0.39 is 17.7 Å². The Morgan fingerprint density at radius 3 is 2.67 bits per heavy atom. The van der Waals surface area contributed by atoms with Crippen LogP contribution in [0.1, 0.15) is 10.4 Å². The maximum Gasteiger partial charge on any atom is 0.332 e. The smallest absolute Gasteiger partial charge is 0.332 e. The molecule has 1 aromatic carbocycles. The molecule has 1 heterocycles. The lowest BCUT2D eigenvalue weighted by molar-refractivity contribution is -0.132. The number of hydrogen-bond donors (Lipinski definition) is 1. The van der Waals surface area contributed by atoms with Gasteiger partial charge >= 0.3 is 5.97 Å². The molecule has 0 aliphatic carbocycles. The molecule has 0 unspecified atom stereocenters. The van der Waals surface area contributed by atoms with Crippen molar-refractivity contribution in [2.24, 2.45) is 0 Å². The second-order valence-corrected chi connectivity index (χ2v) is 4.23. The fraction of sp³-hybridized carbons (Fsp3) is 0.0833. The fourth-order valence-corrected chi connectivity index (χ4v) is 1.85. The summed E-state index contributed by atoms with van der Waals surface area (Å²) in [7, 11) is 0. The van der Waals surface area contributed by atoms with Crippen LogP contribution in [0.4, 0.5) is 5.69 Å². The van der Waals surface area contributed by atoms with Crippen LogP contribution in [0.25, 0.3) is 0 Å². The SMILES string of the molecule is C=C(CN1C(=O)C(=O)c2ccc(Cl)cc21)C(=O)O. The first kappa shape index (κ1) is 12.3. The van der Waals surface area contributed by atoms with Crippen LogP contribution in [0.2, 0.25) is 5.02 Å². The molecule has 6 heteroatoms. The van der Waals surface area contributed by atoms with Gasteiger partial charge in [0.1, 0.15) is 0 Å². The molecule has 1 aliphatic rings. The molecule has 0 fully saturated rings. The molecule has 0 atom stereocenters. The number of carbonyl (C=O) groups excluding carboxylic acids is 2. The van der Waals surface area contributed by atoms with E-state index in [1.165, 1.54) is 18.2 Å². The van der Waals surface area contributed by atoms with E-state index in [1.54, 1.807) is 0 Å². The van der Waals surface area contributed by atoms with Gasteiger partial charge in [0.05, 0.1) is 17.8 Å². The topological polar surface area (TPSA) is 74.7 Å². The highest BCUT2D eigenvalue weighted by Crippen LogP contribution is 2.31. The first-order valence-electron chi connectivity index (χ1n) is 4.98. The van der Waals surface area contributed by atoms with Crippen LogP contribution >= 0.6 is 11.6 Å². The highest BCUT2D eigenvalue weighted by Gasteiger charge is 2.36. The average molecular weight is 266 g/mol. The third kappa shape index (κ3) is 1.89. The van der Waals surface area contributed by atoms with Crippen LogP contribution in [0, 0.1) is 0 Å². The number of Topliss-reactive ketones (excluding diaryl/α,β-unsaturated/α-hetero) is 1. The van der Waals surface area contributed by atoms with Crippen molar-refractivity contribution in [1.82, 2.24) is 0 Å². The molecule has 1 aromatic rings. The molecular formula is C12H8ClNO4. The quantitative estimate of drug-likeness (QED) is 0.664. The first-order chi connectivity index (χ1) is 8.41. The van der Waals surface area contributed by atoms with E-state index in [9.17, 15) is 14.4 Å². The van der Waals surface area contributed by atoms with Crippen molar-refractivity contribution in [3.8, 4) is 0 Å². The number of anilines is 1. The van der Waals surface area contributed by atoms with Crippen LogP contribution in [-0.2, 0) is 9.59 Å². The number of rotatable bonds is 3. The standard InChI is InChI=1S/C12H8ClNO4/c1-6(12(17)18)5-14-9-4-7(13)2-3-8(9)10(15)11(14)16/h2-4H,1,5H2,(H,17,18). The van der Waals surface area contributed by atoms with Crippen molar-refractivity contribution in [3.63, 3.8) is 0 Å². The summed E-state index contributed by atoms with van der Waals surface area (Å²) >= 11 is 5.80. The van der Waals surface area contributed by atoms with E-state index in [1.807, 2.05) is 0 Å². The number of nitrogens with zero attached hydrogens (tertiary/aromatic N) is 1. The summed E-state index contributed by atoms with van der Waals surface area (Å²) in [6.07, 6.45) is 0. The molecule has 0 saturated carbocycles. The summed E-state index contributed by atoms with van der Waals surface area (Å²) in [6, 6.07) is 4.40. The predicted octanol–water partition coefficient (Wildman–Crippen LogP) is 1.51. The van der Waals surface area contributed by atoms with Crippen molar-refractivity contribution < 1.29 is 19.5 Å². The van der Waals surface area contributed by atoms with Crippen LogP contribution in [0.5, 0.6) is 0 Å². The average Bonchev–Trinajstić information content (AvgIpc) is 2.54. The lowest BCUT2D eigenvalue weighted by atomic mass is 10.1. The van der Waals surface area contributed by atoms with E-state index in [2.05, 4.69) is 6.58 Å². The zero-order valence-electron chi connectivity index (χ0n) is 9.14. The number of amides is 1. The van der Waals surface area contributed by atoms with E-state index >= 15 is 0 Å². The van der Waals surface area contributed by atoms with Crippen molar-refractivity contribution in [3.05, 3.63) is 40.9 Å². The van der Waals surface area contributed by atoms with Crippen LogP contribution in [-0.4, -0.2) is 29.3 Å². The maximum absolute atomic E-state index is 11.7. The molecule has 0 radical (unpaired) electrons. The van der Waals surface area contributed by atoms with Gasteiger partial charge in [-0.15, -0.1) is 0 Å². The number of aliphatic carboxylic acids is 1. The Labute approximate surface area is 107 Å². The molecule has 1 N–H and O–H groups in total.